The van der Waals surface area contributed by atoms with Crippen molar-refractivity contribution in [1.82, 2.24) is 9.88 Å². The molecule has 1 saturated heterocycles. The summed E-state index contributed by atoms with van der Waals surface area (Å²) in [5, 5.41) is 0.797. The topological polar surface area (TPSA) is 51.7 Å². The van der Waals surface area contributed by atoms with Crippen molar-refractivity contribution in [3.63, 3.8) is 0 Å². The van der Waals surface area contributed by atoms with E-state index in [0.29, 0.717) is 19.5 Å². The van der Waals surface area contributed by atoms with Crippen LogP contribution in [-0.4, -0.2) is 47.9 Å². The fourth-order valence-electron chi connectivity index (χ4n) is 3.47. The molecule has 2 unspecified atom stereocenters. The normalized spacial score (nSPS) is 21.0. The Kier molecular flexibility index (Phi) is 5.14. The van der Waals surface area contributed by atoms with E-state index in [1.807, 2.05) is 26.8 Å². The van der Waals surface area contributed by atoms with Gasteiger partial charge in [-0.2, -0.15) is 0 Å². The van der Waals surface area contributed by atoms with Crippen molar-refractivity contribution in [3.8, 4) is 0 Å². The van der Waals surface area contributed by atoms with Gasteiger partial charge in [-0.05, 0) is 57.0 Å². The highest BCUT2D eigenvalue weighted by atomic mass is 19.1. The Bertz CT molecular complexity index is 803. The van der Waals surface area contributed by atoms with Crippen molar-refractivity contribution in [1.29, 1.82) is 0 Å². The zero-order chi connectivity index (χ0) is 18.9. The summed E-state index contributed by atoms with van der Waals surface area (Å²) in [7, 11) is 1.64. The average Bonchev–Trinajstić information content (AvgIpc) is 2.59. The van der Waals surface area contributed by atoms with Gasteiger partial charge in [0.2, 0.25) is 0 Å². The van der Waals surface area contributed by atoms with E-state index >= 15 is 0 Å². The Morgan fingerprint density at radius 1 is 1.31 bits per heavy atom. The van der Waals surface area contributed by atoms with Gasteiger partial charge in [0.05, 0.1) is 18.2 Å². The maximum atomic E-state index is 13.8. The quantitative estimate of drug-likeness (QED) is 0.809. The largest absolute Gasteiger partial charge is 0.444 e. The summed E-state index contributed by atoms with van der Waals surface area (Å²) in [6, 6.07) is 6.54. The minimum Gasteiger partial charge on any atom is -0.444 e. The molecule has 1 aliphatic heterocycles. The van der Waals surface area contributed by atoms with E-state index in [-0.39, 0.29) is 23.9 Å². The number of piperidine rings is 1. The molecule has 0 N–H and O–H groups in total. The second-order valence-electron chi connectivity index (χ2n) is 7.66. The smallest absolute Gasteiger partial charge is 0.410 e. The number of pyridine rings is 1. The van der Waals surface area contributed by atoms with Crippen LogP contribution in [0.1, 0.15) is 38.7 Å². The number of aromatic nitrogens is 1. The number of halogens is 1. The lowest BCUT2D eigenvalue weighted by Gasteiger charge is -2.38. The summed E-state index contributed by atoms with van der Waals surface area (Å²) < 4.78 is 24.9. The van der Waals surface area contributed by atoms with Crippen molar-refractivity contribution >= 4 is 17.0 Å². The van der Waals surface area contributed by atoms with Crippen LogP contribution in [0.5, 0.6) is 0 Å². The van der Waals surface area contributed by atoms with E-state index in [0.717, 1.165) is 16.5 Å². The molecule has 1 aromatic heterocycles. The minimum atomic E-state index is -0.532. The van der Waals surface area contributed by atoms with E-state index in [2.05, 4.69) is 4.98 Å². The van der Waals surface area contributed by atoms with Crippen molar-refractivity contribution in [3.05, 3.63) is 41.8 Å². The molecule has 2 atom stereocenters. The van der Waals surface area contributed by atoms with Crippen molar-refractivity contribution < 1.29 is 18.7 Å². The first-order valence-electron chi connectivity index (χ1n) is 8.83. The third-order valence-corrected chi connectivity index (χ3v) is 4.65. The van der Waals surface area contributed by atoms with Gasteiger partial charge in [0.15, 0.2) is 0 Å². The van der Waals surface area contributed by atoms with Gasteiger partial charge >= 0.3 is 6.09 Å². The number of amides is 1. The standard InChI is InChI=1S/C20H25FN2O3/c1-20(2,3)26-19(24)23-10-8-15(18(12-23)25-4)14-7-9-22-17-6-5-13(21)11-16(14)17/h5-7,9,11,15,18H,8,10,12H2,1-4H3. The Morgan fingerprint density at radius 3 is 2.77 bits per heavy atom. The molecule has 140 valence electrons. The van der Waals surface area contributed by atoms with Crippen LogP contribution in [0.3, 0.4) is 0 Å². The molecule has 3 rings (SSSR count). The minimum absolute atomic E-state index is 0.0611. The van der Waals surface area contributed by atoms with Crippen LogP contribution in [0.25, 0.3) is 10.9 Å². The summed E-state index contributed by atoms with van der Waals surface area (Å²) in [4.78, 5) is 18.4. The highest BCUT2D eigenvalue weighted by Crippen LogP contribution is 2.34. The summed E-state index contributed by atoms with van der Waals surface area (Å²) in [5.74, 6) is -0.224. The summed E-state index contributed by atoms with van der Waals surface area (Å²) in [6.07, 6.45) is 1.93. The van der Waals surface area contributed by atoms with Gasteiger partial charge < -0.3 is 14.4 Å². The molecule has 1 amide bonds. The molecule has 0 radical (unpaired) electrons. The molecule has 0 saturated carbocycles. The number of hydrogen-bond donors (Lipinski definition) is 0. The van der Waals surface area contributed by atoms with E-state index in [9.17, 15) is 9.18 Å². The van der Waals surface area contributed by atoms with Crippen LogP contribution < -0.4 is 0 Å². The number of benzene rings is 1. The van der Waals surface area contributed by atoms with Gasteiger partial charge in [0.1, 0.15) is 11.4 Å². The van der Waals surface area contributed by atoms with E-state index < -0.39 is 5.60 Å². The number of methoxy groups -OCH3 is 1. The fourth-order valence-corrected chi connectivity index (χ4v) is 3.47. The number of nitrogens with zero attached hydrogens (tertiary/aromatic N) is 2. The summed E-state index contributed by atoms with van der Waals surface area (Å²) in [5.41, 5.74) is 1.23. The van der Waals surface area contributed by atoms with Gasteiger partial charge in [-0.1, -0.05) is 0 Å². The first-order chi connectivity index (χ1) is 12.3. The van der Waals surface area contributed by atoms with Gasteiger partial charge in [-0.15, -0.1) is 0 Å². The van der Waals surface area contributed by atoms with Crippen LogP contribution in [0, 0.1) is 5.82 Å². The predicted molar refractivity (Wildman–Crippen MR) is 97.7 cm³/mol. The first kappa shape index (κ1) is 18.6. The molecule has 2 aromatic rings. The lowest BCUT2D eigenvalue weighted by molar-refractivity contribution is -0.0137. The molecule has 0 spiro atoms. The number of ether oxygens (including phenoxy) is 2. The lowest BCUT2D eigenvalue weighted by atomic mass is 9.85. The number of carbonyl (C=O) groups is 1. The number of carbonyl (C=O) groups excluding carboxylic acids is 1. The van der Waals surface area contributed by atoms with Crippen LogP contribution in [0.4, 0.5) is 9.18 Å². The maximum absolute atomic E-state index is 13.8. The molecule has 6 heteroatoms. The molecule has 1 fully saturated rings. The fraction of sp³-hybridized carbons (Fsp3) is 0.500. The van der Waals surface area contributed by atoms with Crippen LogP contribution in [0.15, 0.2) is 30.5 Å². The summed E-state index contributed by atoms with van der Waals surface area (Å²) in [6.45, 7) is 6.56. The SMILES string of the molecule is COC1CN(C(=O)OC(C)(C)C)CCC1c1ccnc2ccc(F)cc12. The Morgan fingerprint density at radius 2 is 2.08 bits per heavy atom. The van der Waals surface area contributed by atoms with Crippen LogP contribution in [0.2, 0.25) is 0 Å². The highest BCUT2D eigenvalue weighted by molar-refractivity contribution is 5.82. The monoisotopic (exact) mass is 360 g/mol. The maximum Gasteiger partial charge on any atom is 0.410 e. The van der Waals surface area contributed by atoms with Crippen molar-refractivity contribution in [2.75, 3.05) is 20.2 Å². The second kappa shape index (κ2) is 7.19. The van der Waals surface area contributed by atoms with Gasteiger partial charge in [-0.3, -0.25) is 4.98 Å². The van der Waals surface area contributed by atoms with Crippen molar-refractivity contribution in [2.45, 2.75) is 44.8 Å². The Hall–Kier alpha value is -2.21. The predicted octanol–water partition coefficient (Wildman–Crippen LogP) is 4.11. The van der Waals surface area contributed by atoms with E-state index in [1.165, 1.54) is 12.1 Å². The molecular weight excluding hydrogens is 335 g/mol. The van der Waals surface area contributed by atoms with Gasteiger partial charge in [-0.25, -0.2) is 9.18 Å². The zero-order valence-corrected chi connectivity index (χ0v) is 15.7. The second-order valence-corrected chi connectivity index (χ2v) is 7.66. The highest BCUT2D eigenvalue weighted by Gasteiger charge is 2.35. The number of hydrogen-bond acceptors (Lipinski definition) is 4. The zero-order valence-electron chi connectivity index (χ0n) is 15.7. The average molecular weight is 360 g/mol. The molecule has 0 aliphatic carbocycles. The molecule has 5 nitrogen and oxygen atoms in total. The van der Waals surface area contributed by atoms with Gasteiger partial charge in [0.25, 0.3) is 0 Å². The van der Waals surface area contributed by atoms with E-state index in [4.69, 9.17) is 9.47 Å². The van der Waals surface area contributed by atoms with E-state index in [1.54, 1.807) is 24.3 Å². The third-order valence-electron chi connectivity index (χ3n) is 4.65. The number of fused-ring (bicyclic) bond motifs is 1. The molecule has 2 heterocycles. The van der Waals surface area contributed by atoms with Crippen LogP contribution >= 0.6 is 0 Å². The Balaban J connectivity index is 1.85. The van der Waals surface area contributed by atoms with Crippen LogP contribution in [-0.2, 0) is 9.47 Å². The summed E-state index contributed by atoms with van der Waals surface area (Å²) >= 11 is 0. The molecular formula is C20H25FN2O3. The van der Waals surface area contributed by atoms with Crippen molar-refractivity contribution in [2.24, 2.45) is 0 Å². The third kappa shape index (κ3) is 3.96. The first-order valence-corrected chi connectivity index (χ1v) is 8.83. The number of rotatable bonds is 2. The molecule has 26 heavy (non-hydrogen) atoms. The lowest BCUT2D eigenvalue weighted by Crippen LogP contribution is -2.48. The molecule has 1 aliphatic rings. The molecule has 0 bridgehead atoms. The molecule has 1 aromatic carbocycles. The van der Waals surface area contributed by atoms with Gasteiger partial charge in [0, 0.05) is 31.2 Å². The Labute approximate surface area is 153 Å². The number of likely N-dealkylation sites (tertiary alicyclic amines) is 1.